The average Bonchev–Trinajstić information content (AvgIpc) is 3.28. The molecule has 37 heavy (non-hydrogen) atoms. The third-order valence-corrected chi connectivity index (χ3v) is 6.61. The number of benzene rings is 1. The molecule has 1 aliphatic rings. The molecular formula is C26H33N7O4. The highest BCUT2D eigenvalue weighted by Gasteiger charge is 2.26. The number of hydrogen-bond acceptors (Lipinski definition) is 7. The fraction of sp³-hybridized carbons (Fsp3) is 0.423. The van der Waals surface area contributed by atoms with Crippen LogP contribution in [-0.2, 0) is 20.1 Å². The molecular weight excluding hydrogens is 474 g/mol. The largest absolute Gasteiger partial charge is 0.355 e. The highest BCUT2D eigenvalue weighted by Crippen LogP contribution is 2.23. The molecule has 3 N–H and O–H groups in total. The number of anilines is 1. The molecule has 0 saturated carbocycles. The number of nitrogens with zero attached hydrogens (tertiary/aromatic N) is 5. The van der Waals surface area contributed by atoms with Gasteiger partial charge in [0.25, 0.3) is 11.5 Å². The van der Waals surface area contributed by atoms with Gasteiger partial charge in [0.15, 0.2) is 16.9 Å². The van der Waals surface area contributed by atoms with Gasteiger partial charge in [0.2, 0.25) is 5.95 Å². The van der Waals surface area contributed by atoms with Crippen LogP contribution in [0.5, 0.6) is 0 Å². The van der Waals surface area contributed by atoms with Crippen LogP contribution in [0, 0.1) is 0 Å². The summed E-state index contributed by atoms with van der Waals surface area (Å²) in [5, 5.41) is 2.52. The van der Waals surface area contributed by atoms with Crippen LogP contribution in [0.1, 0.15) is 47.4 Å². The number of aryl methyl sites for hydroxylation is 1. The molecule has 1 atom stereocenters. The predicted molar refractivity (Wildman–Crippen MR) is 142 cm³/mol. The van der Waals surface area contributed by atoms with Crippen LogP contribution in [0.4, 0.5) is 5.95 Å². The molecule has 1 unspecified atom stereocenters. The number of ketones is 1. The van der Waals surface area contributed by atoms with Crippen molar-refractivity contribution >= 4 is 28.8 Å². The Bertz CT molecular complexity index is 1510. The average molecular weight is 508 g/mol. The number of piperidine rings is 1. The van der Waals surface area contributed by atoms with E-state index in [4.69, 9.17) is 10.7 Å². The number of fused-ring (bicyclic) bond motifs is 1. The summed E-state index contributed by atoms with van der Waals surface area (Å²) in [6, 6.07) is 6.18. The Labute approximate surface area is 214 Å². The van der Waals surface area contributed by atoms with Crippen molar-refractivity contribution in [3.05, 3.63) is 67.9 Å². The van der Waals surface area contributed by atoms with Gasteiger partial charge < -0.3 is 20.5 Å². The Kier molecular flexibility index (Phi) is 7.44. The molecule has 0 radical (unpaired) electrons. The molecule has 4 rings (SSSR count). The summed E-state index contributed by atoms with van der Waals surface area (Å²) in [5.74, 6) is -0.212. The van der Waals surface area contributed by atoms with Gasteiger partial charge in [-0.2, -0.15) is 4.98 Å². The van der Waals surface area contributed by atoms with E-state index in [1.54, 1.807) is 29.8 Å². The Morgan fingerprint density at radius 1 is 1.19 bits per heavy atom. The molecule has 1 amide bonds. The zero-order chi connectivity index (χ0) is 26.9. The highest BCUT2D eigenvalue weighted by atomic mass is 16.2. The normalized spacial score (nSPS) is 15.6. The molecule has 0 bridgehead atoms. The number of imidazole rings is 1. The zero-order valence-electron chi connectivity index (χ0n) is 21.7. The molecule has 11 heteroatoms. The van der Waals surface area contributed by atoms with Gasteiger partial charge in [-0.25, -0.2) is 4.79 Å². The SMILES string of the molecule is CNC(=O)c1cccc(C(=O)Cn2c(=O)c3c(nc(N4CCCC(N)C4)n3CC=C(C)C)n(C)c2=O)c1. The minimum atomic E-state index is -0.637. The molecule has 2 aromatic heterocycles. The lowest BCUT2D eigenvalue weighted by atomic mass is 10.1. The minimum Gasteiger partial charge on any atom is -0.355 e. The Hall–Kier alpha value is -3.99. The monoisotopic (exact) mass is 507 g/mol. The summed E-state index contributed by atoms with van der Waals surface area (Å²) in [7, 11) is 3.04. The van der Waals surface area contributed by atoms with Crippen LogP contribution in [0.2, 0.25) is 0 Å². The highest BCUT2D eigenvalue weighted by molar-refractivity contribution is 6.00. The number of allylic oxidation sites excluding steroid dienone is 2. The molecule has 3 aromatic rings. The summed E-state index contributed by atoms with van der Waals surface area (Å²) in [6.07, 6.45) is 3.80. The lowest BCUT2D eigenvalue weighted by molar-refractivity contribution is 0.0963. The summed E-state index contributed by atoms with van der Waals surface area (Å²) in [5.41, 5.74) is 7.11. The maximum absolute atomic E-state index is 13.7. The number of nitrogens with one attached hydrogen (secondary N) is 1. The molecule has 196 valence electrons. The van der Waals surface area contributed by atoms with E-state index < -0.39 is 23.6 Å². The lowest BCUT2D eigenvalue weighted by Gasteiger charge is -2.31. The van der Waals surface area contributed by atoms with Gasteiger partial charge in [-0.15, -0.1) is 0 Å². The minimum absolute atomic E-state index is 0.00545. The van der Waals surface area contributed by atoms with E-state index in [9.17, 15) is 19.2 Å². The fourth-order valence-corrected chi connectivity index (χ4v) is 4.59. The van der Waals surface area contributed by atoms with Crippen molar-refractivity contribution in [3.63, 3.8) is 0 Å². The van der Waals surface area contributed by atoms with Crippen molar-refractivity contribution in [1.82, 2.24) is 24.0 Å². The van der Waals surface area contributed by atoms with E-state index in [1.165, 1.54) is 17.7 Å². The zero-order valence-corrected chi connectivity index (χ0v) is 21.7. The van der Waals surface area contributed by atoms with E-state index in [2.05, 4.69) is 10.2 Å². The van der Waals surface area contributed by atoms with Crippen LogP contribution < -0.4 is 27.2 Å². The summed E-state index contributed by atoms with van der Waals surface area (Å²) < 4.78 is 4.04. The van der Waals surface area contributed by atoms with Crippen LogP contribution >= 0.6 is 0 Å². The van der Waals surface area contributed by atoms with E-state index in [-0.39, 0.29) is 28.7 Å². The Balaban J connectivity index is 1.84. The number of rotatable bonds is 7. The van der Waals surface area contributed by atoms with Gasteiger partial charge in [0, 0.05) is 50.9 Å². The first-order valence-corrected chi connectivity index (χ1v) is 12.3. The number of carbonyl (C=O) groups is 2. The number of hydrogen-bond donors (Lipinski definition) is 2. The van der Waals surface area contributed by atoms with E-state index in [0.29, 0.717) is 24.6 Å². The van der Waals surface area contributed by atoms with Crippen molar-refractivity contribution in [2.24, 2.45) is 12.8 Å². The fourth-order valence-electron chi connectivity index (χ4n) is 4.59. The predicted octanol–water partition coefficient (Wildman–Crippen LogP) is 1.03. The van der Waals surface area contributed by atoms with Gasteiger partial charge in [-0.05, 0) is 38.8 Å². The van der Waals surface area contributed by atoms with E-state index in [0.717, 1.165) is 29.5 Å². The first kappa shape index (κ1) is 26.1. The first-order valence-electron chi connectivity index (χ1n) is 12.3. The Morgan fingerprint density at radius 3 is 2.59 bits per heavy atom. The molecule has 1 fully saturated rings. The van der Waals surface area contributed by atoms with Crippen molar-refractivity contribution in [3.8, 4) is 0 Å². The van der Waals surface area contributed by atoms with Crippen molar-refractivity contribution in [1.29, 1.82) is 0 Å². The molecule has 1 aliphatic heterocycles. The summed E-state index contributed by atoms with van der Waals surface area (Å²) in [6.45, 7) is 5.20. The quantitative estimate of drug-likeness (QED) is 0.360. The number of nitrogens with two attached hydrogens (primary N) is 1. The lowest BCUT2D eigenvalue weighted by Crippen LogP contribution is -2.44. The van der Waals surface area contributed by atoms with Gasteiger partial charge in [-0.1, -0.05) is 23.8 Å². The maximum atomic E-state index is 13.7. The summed E-state index contributed by atoms with van der Waals surface area (Å²) in [4.78, 5) is 58.8. The van der Waals surface area contributed by atoms with Crippen molar-refractivity contribution in [2.45, 2.75) is 45.8 Å². The maximum Gasteiger partial charge on any atom is 0.332 e. The topological polar surface area (TPSA) is 137 Å². The third-order valence-electron chi connectivity index (χ3n) is 6.61. The van der Waals surface area contributed by atoms with Crippen LogP contribution in [0.25, 0.3) is 11.2 Å². The Morgan fingerprint density at radius 2 is 1.92 bits per heavy atom. The van der Waals surface area contributed by atoms with E-state index in [1.807, 2.05) is 19.9 Å². The molecule has 0 spiro atoms. The van der Waals surface area contributed by atoms with Gasteiger partial charge in [0.1, 0.15) is 0 Å². The van der Waals surface area contributed by atoms with Gasteiger partial charge in [-0.3, -0.25) is 23.5 Å². The van der Waals surface area contributed by atoms with Gasteiger partial charge >= 0.3 is 5.69 Å². The van der Waals surface area contributed by atoms with Crippen molar-refractivity contribution in [2.75, 3.05) is 25.0 Å². The smallest absolute Gasteiger partial charge is 0.332 e. The molecule has 1 aromatic carbocycles. The third kappa shape index (κ3) is 5.12. The second-order valence-electron chi connectivity index (χ2n) is 9.64. The van der Waals surface area contributed by atoms with Crippen molar-refractivity contribution < 1.29 is 9.59 Å². The van der Waals surface area contributed by atoms with Crippen LogP contribution in [0.15, 0.2) is 45.5 Å². The molecule has 11 nitrogen and oxygen atoms in total. The first-order chi connectivity index (χ1) is 17.6. The molecule has 0 aliphatic carbocycles. The second-order valence-corrected chi connectivity index (χ2v) is 9.64. The second kappa shape index (κ2) is 10.6. The number of aromatic nitrogens is 4. The van der Waals surface area contributed by atoms with Crippen LogP contribution in [-0.4, -0.2) is 56.6 Å². The standard InChI is InChI=1S/C26H33N7O4/c1-16(2)10-12-32-21-22(29-25(32)31-11-6-9-19(27)14-31)30(4)26(37)33(24(21)36)15-20(34)17-7-5-8-18(13-17)23(35)28-3/h5,7-8,10,13,19H,6,9,11-12,14-15,27H2,1-4H3,(H,28,35). The van der Waals surface area contributed by atoms with Crippen LogP contribution in [0.3, 0.4) is 0 Å². The molecule has 1 saturated heterocycles. The van der Waals surface area contributed by atoms with E-state index >= 15 is 0 Å². The number of carbonyl (C=O) groups excluding carboxylic acids is 2. The number of Topliss-reactive ketones (excluding diaryl/α,β-unsaturated/α-hetero) is 1. The summed E-state index contributed by atoms with van der Waals surface area (Å²) >= 11 is 0. The van der Waals surface area contributed by atoms with Gasteiger partial charge in [0.05, 0.1) is 6.54 Å². The molecule has 3 heterocycles. The number of amides is 1.